The van der Waals surface area contributed by atoms with Crippen LogP contribution in [-0.4, -0.2) is 38.1 Å². The molecule has 2 aromatic rings. The predicted molar refractivity (Wildman–Crippen MR) is 58.6 cm³/mol. The monoisotopic (exact) mass is 242 g/mol. The van der Waals surface area contributed by atoms with Crippen molar-refractivity contribution in [3.63, 3.8) is 0 Å². The van der Waals surface area contributed by atoms with Crippen LogP contribution >= 0.6 is 11.6 Å². The molecule has 0 saturated heterocycles. The van der Waals surface area contributed by atoms with Gasteiger partial charge in [0.1, 0.15) is 11.0 Å². The van der Waals surface area contributed by atoms with E-state index < -0.39 is 6.10 Å². The van der Waals surface area contributed by atoms with Gasteiger partial charge < -0.3 is 9.84 Å². The molecule has 2 heterocycles. The molecule has 0 aliphatic carbocycles. The number of fused-ring (bicyclic) bond motifs is 1. The van der Waals surface area contributed by atoms with E-state index in [1.54, 1.807) is 17.8 Å². The highest BCUT2D eigenvalue weighted by Crippen LogP contribution is 2.23. The van der Waals surface area contributed by atoms with Gasteiger partial charge in [-0.1, -0.05) is 0 Å². The lowest BCUT2D eigenvalue weighted by Crippen LogP contribution is -2.13. The molecular formula is C9H11ClN4O2. The summed E-state index contributed by atoms with van der Waals surface area (Å²) in [4.78, 5) is 7.97. The van der Waals surface area contributed by atoms with Crippen LogP contribution in [0.5, 0.6) is 5.88 Å². The van der Waals surface area contributed by atoms with E-state index in [2.05, 4.69) is 15.1 Å². The van der Waals surface area contributed by atoms with E-state index in [9.17, 15) is 5.11 Å². The molecule has 0 aliphatic heterocycles. The maximum absolute atomic E-state index is 9.33. The van der Waals surface area contributed by atoms with E-state index in [0.717, 1.165) is 0 Å². The summed E-state index contributed by atoms with van der Waals surface area (Å²) in [5.41, 5.74) is 1.23. The minimum Gasteiger partial charge on any atom is -0.479 e. The lowest BCUT2D eigenvalue weighted by atomic mass is 10.4. The van der Waals surface area contributed by atoms with Crippen LogP contribution < -0.4 is 4.74 Å². The molecule has 6 nitrogen and oxygen atoms in total. The highest BCUT2D eigenvalue weighted by molar-refractivity contribution is 6.28. The van der Waals surface area contributed by atoms with Crippen molar-refractivity contribution in [1.82, 2.24) is 19.7 Å². The van der Waals surface area contributed by atoms with Gasteiger partial charge >= 0.3 is 0 Å². The average Bonchev–Trinajstić information content (AvgIpc) is 2.59. The summed E-state index contributed by atoms with van der Waals surface area (Å²) in [5, 5.41) is 13.5. The first-order chi connectivity index (χ1) is 7.61. The highest BCUT2D eigenvalue weighted by Gasteiger charge is 2.14. The van der Waals surface area contributed by atoms with Gasteiger partial charge in [0, 0.05) is 0 Å². The lowest BCUT2D eigenvalue weighted by Gasteiger charge is -2.07. The minimum atomic E-state index is -0.511. The highest BCUT2D eigenvalue weighted by atomic mass is 35.5. The molecule has 0 aliphatic rings. The van der Waals surface area contributed by atoms with Crippen molar-refractivity contribution >= 4 is 22.6 Å². The Bertz CT molecular complexity index is 511. The van der Waals surface area contributed by atoms with E-state index in [-0.39, 0.29) is 5.28 Å². The van der Waals surface area contributed by atoms with Gasteiger partial charge in [0.25, 0.3) is 0 Å². The van der Waals surface area contributed by atoms with E-state index in [1.165, 1.54) is 7.11 Å². The second-order valence-electron chi connectivity index (χ2n) is 3.41. The molecule has 0 saturated carbocycles. The van der Waals surface area contributed by atoms with Crippen LogP contribution in [0.2, 0.25) is 5.28 Å². The Morgan fingerprint density at radius 3 is 2.94 bits per heavy atom. The summed E-state index contributed by atoms with van der Waals surface area (Å²) in [6, 6.07) is 0. The van der Waals surface area contributed by atoms with Crippen molar-refractivity contribution in [2.24, 2.45) is 0 Å². The Kier molecular flexibility index (Phi) is 2.93. The fourth-order valence-electron chi connectivity index (χ4n) is 1.47. The van der Waals surface area contributed by atoms with Gasteiger partial charge in [0.05, 0.1) is 26.0 Å². The van der Waals surface area contributed by atoms with Crippen molar-refractivity contribution in [1.29, 1.82) is 0 Å². The zero-order valence-corrected chi connectivity index (χ0v) is 9.64. The molecule has 0 fully saturated rings. The van der Waals surface area contributed by atoms with Crippen LogP contribution in [0.25, 0.3) is 11.0 Å². The largest absolute Gasteiger partial charge is 0.479 e. The number of aliphatic hydroxyl groups excluding tert-OH is 1. The molecule has 0 aromatic carbocycles. The van der Waals surface area contributed by atoms with Crippen molar-refractivity contribution in [3.8, 4) is 5.88 Å². The van der Waals surface area contributed by atoms with Gasteiger partial charge in [-0.05, 0) is 18.5 Å². The van der Waals surface area contributed by atoms with Crippen molar-refractivity contribution in [2.45, 2.75) is 19.6 Å². The fraction of sp³-hybridized carbons (Fsp3) is 0.444. The molecule has 0 radical (unpaired) electrons. The lowest BCUT2D eigenvalue weighted by molar-refractivity contribution is 0.170. The molecule has 7 heteroatoms. The second kappa shape index (κ2) is 4.23. The summed E-state index contributed by atoms with van der Waals surface area (Å²) in [6.07, 6.45) is 1.05. The smallest absolute Gasteiger partial charge is 0.244 e. The van der Waals surface area contributed by atoms with Gasteiger partial charge in [-0.15, -0.1) is 0 Å². The maximum Gasteiger partial charge on any atom is 0.244 e. The Balaban J connectivity index is 2.60. The summed E-state index contributed by atoms with van der Waals surface area (Å²) >= 11 is 5.73. The van der Waals surface area contributed by atoms with E-state index in [4.69, 9.17) is 16.3 Å². The number of ether oxygens (including phenoxy) is 1. The Labute approximate surface area is 96.8 Å². The Morgan fingerprint density at radius 2 is 2.31 bits per heavy atom. The van der Waals surface area contributed by atoms with E-state index >= 15 is 0 Å². The number of aromatic nitrogens is 4. The summed E-state index contributed by atoms with van der Waals surface area (Å²) in [5.74, 6) is 0.355. The molecular weight excluding hydrogens is 232 g/mol. The Hall–Kier alpha value is -1.40. The topological polar surface area (TPSA) is 73.1 Å². The van der Waals surface area contributed by atoms with Crippen LogP contribution in [-0.2, 0) is 6.54 Å². The number of aliphatic hydroxyl groups is 1. The molecule has 2 aromatic heterocycles. The van der Waals surface area contributed by atoms with Gasteiger partial charge in [-0.25, -0.2) is 4.98 Å². The Morgan fingerprint density at radius 1 is 1.56 bits per heavy atom. The first-order valence-electron chi connectivity index (χ1n) is 4.73. The van der Waals surface area contributed by atoms with Crippen molar-refractivity contribution < 1.29 is 9.84 Å². The van der Waals surface area contributed by atoms with Gasteiger partial charge in [0.15, 0.2) is 0 Å². The molecule has 2 rings (SSSR count). The van der Waals surface area contributed by atoms with E-state index in [1.807, 2.05) is 0 Å². The molecule has 0 spiro atoms. The molecule has 1 unspecified atom stereocenters. The molecule has 86 valence electrons. The van der Waals surface area contributed by atoms with Gasteiger partial charge in [-0.3, -0.25) is 4.68 Å². The standard InChI is InChI=1S/C9H11ClN4O2/c1-5(15)4-14-7-6(3-11-14)12-9(10)13-8(7)16-2/h3,5,15H,4H2,1-2H3. The van der Waals surface area contributed by atoms with Gasteiger partial charge in [0.2, 0.25) is 11.2 Å². The maximum atomic E-state index is 9.33. The number of rotatable bonds is 3. The number of hydrogen-bond acceptors (Lipinski definition) is 5. The zero-order valence-electron chi connectivity index (χ0n) is 8.88. The molecule has 16 heavy (non-hydrogen) atoms. The van der Waals surface area contributed by atoms with Gasteiger partial charge in [-0.2, -0.15) is 10.1 Å². The van der Waals surface area contributed by atoms with E-state index in [0.29, 0.717) is 23.5 Å². The SMILES string of the molecule is COc1nc(Cl)nc2cnn(CC(C)O)c12. The first-order valence-corrected chi connectivity index (χ1v) is 5.10. The van der Waals surface area contributed by atoms with Crippen molar-refractivity contribution in [2.75, 3.05) is 7.11 Å². The number of methoxy groups -OCH3 is 1. The first kappa shape index (κ1) is 11.1. The average molecular weight is 243 g/mol. The van der Waals surface area contributed by atoms with Crippen LogP contribution in [0, 0.1) is 0 Å². The second-order valence-corrected chi connectivity index (χ2v) is 3.75. The normalized spacial score (nSPS) is 13.0. The molecule has 1 N–H and O–H groups in total. The summed E-state index contributed by atoms with van der Waals surface area (Å²) in [6.45, 7) is 2.03. The molecule has 1 atom stereocenters. The number of halogens is 1. The minimum absolute atomic E-state index is 0.112. The third-order valence-electron chi connectivity index (χ3n) is 2.06. The van der Waals surface area contributed by atoms with Crippen LogP contribution in [0.3, 0.4) is 0 Å². The fourth-order valence-corrected chi connectivity index (χ4v) is 1.64. The van der Waals surface area contributed by atoms with Crippen LogP contribution in [0.1, 0.15) is 6.92 Å². The third kappa shape index (κ3) is 1.94. The number of nitrogens with zero attached hydrogens (tertiary/aromatic N) is 4. The van der Waals surface area contributed by atoms with Crippen LogP contribution in [0.4, 0.5) is 0 Å². The zero-order chi connectivity index (χ0) is 11.7. The summed E-state index contributed by atoms with van der Waals surface area (Å²) < 4.78 is 6.70. The summed E-state index contributed by atoms with van der Waals surface area (Å²) in [7, 11) is 1.50. The third-order valence-corrected chi connectivity index (χ3v) is 2.23. The predicted octanol–water partition coefficient (Wildman–Crippen LogP) is 0.869. The quantitative estimate of drug-likeness (QED) is 0.809. The molecule has 0 bridgehead atoms. The van der Waals surface area contributed by atoms with Crippen molar-refractivity contribution in [3.05, 3.63) is 11.5 Å². The van der Waals surface area contributed by atoms with Crippen LogP contribution in [0.15, 0.2) is 6.20 Å². The molecule has 0 amide bonds. The number of hydrogen-bond donors (Lipinski definition) is 1.